The summed E-state index contributed by atoms with van der Waals surface area (Å²) in [6.45, 7) is 0. The van der Waals surface area contributed by atoms with E-state index in [9.17, 15) is 20.7 Å². The van der Waals surface area contributed by atoms with E-state index in [-0.39, 0.29) is 4.49 Å². The SMILES string of the molecule is O=P(F)(F)NS(=O)(=O)F. The van der Waals surface area contributed by atoms with Crippen LogP contribution >= 0.6 is 7.91 Å². The first kappa shape index (κ1) is 8.93. The maximum absolute atomic E-state index is 11.1. The summed E-state index contributed by atoms with van der Waals surface area (Å²) in [6, 6.07) is 0. The van der Waals surface area contributed by atoms with Crippen LogP contribution in [0, 0.1) is 0 Å². The molecule has 0 atom stereocenters. The van der Waals surface area contributed by atoms with E-state index in [2.05, 4.69) is 0 Å². The van der Waals surface area contributed by atoms with Crippen LogP contribution in [-0.2, 0) is 15.0 Å². The minimum Gasteiger partial charge on any atom is -0.231 e. The zero-order chi connectivity index (χ0) is 7.71. The molecule has 0 saturated heterocycles. The third kappa shape index (κ3) is 7.93. The predicted octanol–water partition coefficient (Wildman–Crippen LogP) is 0.837. The standard InChI is InChI=1S/F3HNO3PS/c1-8(2,5)4-9(3,6)7/h(H,4,5). The van der Waals surface area contributed by atoms with Gasteiger partial charge >= 0.3 is 18.3 Å². The fraction of sp³-hybridized carbons (Fsp3) is 0. The molecule has 0 radical (unpaired) electrons. The molecule has 56 valence electrons. The molecule has 0 aromatic rings. The molecule has 0 amide bonds. The normalized spacial score (nSPS) is 13.7. The lowest BCUT2D eigenvalue weighted by molar-refractivity contribution is 0.483. The first-order valence-corrected chi connectivity index (χ1v) is 4.31. The molecule has 0 aliphatic carbocycles. The van der Waals surface area contributed by atoms with Crippen LogP contribution in [0.2, 0.25) is 0 Å². The first-order valence-electron chi connectivity index (χ1n) is 1.44. The van der Waals surface area contributed by atoms with Gasteiger partial charge in [-0.15, -0.1) is 8.39 Å². The lowest BCUT2D eigenvalue weighted by Crippen LogP contribution is -2.10. The highest BCUT2D eigenvalue weighted by molar-refractivity contribution is 7.90. The van der Waals surface area contributed by atoms with Crippen molar-refractivity contribution in [1.82, 2.24) is 4.49 Å². The Morgan fingerprint density at radius 1 is 1.33 bits per heavy atom. The number of hydrogen-bond donors (Lipinski definition) is 1. The van der Waals surface area contributed by atoms with Gasteiger partial charge in [0.25, 0.3) is 0 Å². The van der Waals surface area contributed by atoms with Crippen LogP contribution in [-0.4, -0.2) is 8.42 Å². The fourth-order valence-electron chi connectivity index (χ4n) is 0.127. The number of nitrogens with one attached hydrogen (secondary N) is 1. The molecule has 0 aromatic heterocycles. The summed E-state index contributed by atoms with van der Waals surface area (Å²) in [5.41, 5.74) is 0. The molecular formula is HF3NO3PS. The summed E-state index contributed by atoms with van der Waals surface area (Å²) in [7, 11) is -11.5. The van der Waals surface area contributed by atoms with E-state index >= 15 is 0 Å². The van der Waals surface area contributed by atoms with E-state index in [1.165, 1.54) is 0 Å². The van der Waals surface area contributed by atoms with Crippen LogP contribution in [0.3, 0.4) is 0 Å². The van der Waals surface area contributed by atoms with E-state index in [1.807, 2.05) is 0 Å². The Morgan fingerprint density at radius 3 is 1.67 bits per heavy atom. The maximum Gasteiger partial charge on any atom is 0.495 e. The van der Waals surface area contributed by atoms with Gasteiger partial charge < -0.3 is 0 Å². The van der Waals surface area contributed by atoms with Gasteiger partial charge in [0.15, 0.2) is 0 Å². The third-order valence-corrected chi connectivity index (χ3v) is 1.94. The Balaban J connectivity index is 4.26. The van der Waals surface area contributed by atoms with Crippen molar-refractivity contribution < 1.29 is 25.3 Å². The van der Waals surface area contributed by atoms with Crippen LogP contribution in [0.5, 0.6) is 0 Å². The van der Waals surface area contributed by atoms with Crippen LogP contribution in [0.15, 0.2) is 0 Å². The average molecular weight is 183 g/mol. The summed E-state index contributed by atoms with van der Waals surface area (Å²) >= 11 is 0. The van der Waals surface area contributed by atoms with Gasteiger partial charge in [-0.2, -0.15) is 8.42 Å². The number of rotatable bonds is 2. The van der Waals surface area contributed by atoms with Crippen molar-refractivity contribution in [3.63, 3.8) is 0 Å². The molecule has 0 spiro atoms. The largest absolute Gasteiger partial charge is 0.495 e. The smallest absolute Gasteiger partial charge is 0.231 e. The molecule has 0 saturated carbocycles. The van der Waals surface area contributed by atoms with Crippen LogP contribution in [0.4, 0.5) is 12.3 Å². The van der Waals surface area contributed by atoms with Gasteiger partial charge in [-0.3, -0.25) is 0 Å². The zero-order valence-electron chi connectivity index (χ0n) is 3.71. The lowest BCUT2D eigenvalue weighted by Gasteiger charge is -1.92. The highest BCUT2D eigenvalue weighted by Gasteiger charge is 2.26. The van der Waals surface area contributed by atoms with Gasteiger partial charge in [0.2, 0.25) is 0 Å². The molecule has 9 heteroatoms. The molecule has 0 heterocycles. The minimum absolute atomic E-state index is 0.0139. The van der Waals surface area contributed by atoms with Crippen molar-refractivity contribution in [1.29, 1.82) is 0 Å². The Labute approximate surface area is 49.1 Å². The second kappa shape index (κ2) is 2.28. The first-order chi connectivity index (χ1) is 3.71. The molecule has 1 N–H and O–H groups in total. The zero-order valence-corrected chi connectivity index (χ0v) is 5.43. The van der Waals surface area contributed by atoms with Gasteiger partial charge in [-0.05, 0) is 0 Å². The fourth-order valence-corrected chi connectivity index (χ4v) is 1.14. The van der Waals surface area contributed by atoms with E-state index in [0.717, 1.165) is 0 Å². The summed E-state index contributed by atoms with van der Waals surface area (Å²) in [5, 5.41) is 0. The van der Waals surface area contributed by atoms with Crippen molar-refractivity contribution in [3.05, 3.63) is 0 Å². The second-order valence-electron chi connectivity index (χ2n) is 0.991. The van der Waals surface area contributed by atoms with Crippen LogP contribution in [0.25, 0.3) is 0 Å². The van der Waals surface area contributed by atoms with Gasteiger partial charge in [-0.25, -0.2) is 4.57 Å². The Bertz CT molecular complexity index is 225. The molecule has 0 unspecified atom stereocenters. The van der Waals surface area contributed by atoms with Crippen LogP contribution < -0.4 is 4.49 Å². The van der Waals surface area contributed by atoms with Gasteiger partial charge in [0.1, 0.15) is 0 Å². The molecule has 0 aromatic carbocycles. The van der Waals surface area contributed by atoms with Crippen LogP contribution in [0.1, 0.15) is 0 Å². The van der Waals surface area contributed by atoms with Crippen molar-refractivity contribution in [2.24, 2.45) is 0 Å². The predicted molar refractivity (Wildman–Crippen MR) is 23.0 cm³/mol. The highest BCUT2D eigenvalue weighted by atomic mass is 32.3. The Morgan fingerprint density at radius 2 is 1.67 bits per heavy atom. The highest BCUT2D eigenvalue weighted by Crippen LogP contribution is 2.44. The average Bonchev–Trinajstić information content (AvgIpc) is 1.14. The minimum atomic E-state index is -6.00. The van der Waals surface area contributed by atoms with Gasteiger partial charge in [-0.1, -0.05) is 8.38 Å². The molecule has 4 nitrogen and oxygen atoms in total. The van der Waals surface area contributed by atoms with E-state index in [4.69, 9.17) is 4.57 Å². The van der Waals surface area contributed by atoms with Crippen molar-refractivity contribution in [2.75, 3.05) is 0 Å². The molecule has 0 bridgehead atoms. The molecular weight excluding hydrogens is 182 g/mol. The van der Waals surface area contributed by atoms with E-state index < -0.39 is 18.3 Å². The van der Waals surface area contributed by atoms with Gasteiger partial charge in [0.05, 0.1) is 0 Å². The molecule has 0 aliphatic heterocycles. The third-order valence-electron chi connectivity index (χ3n) is 0.215. The molecule has 0 aliphatic rings. The topological polar surface area (TPSA) is 63.2 Å². The van der Waals surface area contributed by atoms with Crippen molar-refractivity contribution in [2.45, 2.75) is 0 Å². The molecule has 9 heavy (non-hydrogen) atoms. The van der Waals surface area contributed by atoms with E-state index in [1.54, 1.807) is 0 Å². The number of hydrogen-bond acceptors (Lipinski definition) is 3. The number of halogens is 3. The summed E-state index contributed by atoms with van der Waals surface area (Å²) in [6.07, 6.45) is 0. The van der Waals surface area contributed by atoms with Crippen molar-refractivity contribution in [3.8, 4) is 0 Å². The van der Waals surface area contributed by atoms with E-state index in [0.29, 0.717) is 0 Å². The lowest BCUT2D eigenvalue weighted by atomic mass is 13.9. The second-order valence-corrected chi connectivity index (χ2v) is 3.52. The van der Waals surface area contributed by atoms with Crippen molar-refractivity contribution >= 4 is 18.3 Å². The summed E-state index contributed by atoms with van der Waals surface area (Å²) in [4.78, 5) is 0. The molecule has 0 fully saturated rings. The Kier molecular flexibility index (Phi) is 2.26. The van der Waals surface area contributed by atoms with Gasteiger partial charge in [0, 0.05) is 0 Å². The molecule has 0 rings (SSSR count). The summed E-state index contributed by atoms with van der Waals surface area (Å²) < 4.78 is 60.8. The monoisotopic (exact) mass is 183 g/mol. The quantitative estimate of drug-likeness (QED) is 0.509. The summed E-state index contributed by atoms with van der Waals surface area (Å²) in [5.74, 6) is 0. The maximum atomic E-state index is 11.1. The Hall–Kier alpha value is -0.0700.